The summed E-state index contributed by atoms with van der Waals surface area (Å²) in [5.74, 6) is 0.0251. The van der Waals surface area contributed by atoms with E-state index >= 15 is 0 Å². The van der Waals surface area contributed by atoms with Crippen LogP contribution in [0.25, 0.3) is 0 Å². The molecule has 0 spiro atoms. The molecule has 6 heteroatoms. The maximum atomic E-state index is 12.2. The van der Waals surface area contributed by atoms with Crippen LogP contribution in [0, 0.1) is 3.57 Å². The second kappa shape index (κ2) is 7.35. The Morgan fingerprint density at radius 2 is 2.20 bits per heavy atom. The van der Waals surface area contributed by atoms with E-state index in [0.717, 1.165) is 28.9 Å². The molecule has 20 heavy (non-hydrogen) atoms. The molecule has 1 aliphatic heterocycles. The van der Waals surface area contributed by atoms with Gasteiger partial charge in [-0.05, 0) is 41.8 Å². The van der Waals surface area contributed by atoms with E-state index in [1.54, 1.807) is 0 Å². The number of para-hydroxylation sites is 1. The predicted octanol–water partition coefficient (Wildman–Crippen LogP) is 0.804. The van der Waals surface area contributed by atoms with Gasteiger partial charge in [-0.15, -0.1) is 0 Å². The number of piperazine rings is 1. The number of nitrogens with one attached hydrogen (secondary N) is 1. The number of carbonyl (C=O) groups is 1. The van der Waals surface area contributed by atoms with Crippen LogP contribution in [0.1, 0.15) is 0 Å². The number of benzene rings is 1. The van der Waals surface area contributed by atoms with Gasteiger partial charge in [-0.1, -0.05) is 12.1 Å². The summed E-state index contributed by atoms with van der Waals surface area (Å²) in [5.41, 5.74) is 6.68. The van der Waals surface area contributed by atoms with Crippen LogP contribution in [0.4, 0.5) is 5.69 Å². The van der Waals surface area contributed by atoms with Gasteiger partial charge in [0.05, 0.1) is 12.2 Å². The first kappa shape index (κ1) is 15.7. The highest BCUT2D eigenvalue weighted by molar-refractivity contribution is 14.1. The van der Waals surface area contributed by atoms with Crippen LogP contribution in [0.15, 0.2) is 24.3 Å². The number of carbonyl (C=O) groups excluding carboxylic acids is 1. The van der Waals surface area contributed by atoms with Crippen molar-refractivity contribution in [1.82, 2.24) is 9.80 Å². The lowest BCUT2D eigenvalue weighted by molar-refractivity contribution is -0.118. The zero-order chi connectivity index (χ0) is 14.5. The largest absolute Gasteiger partial charge is 0.329 e. The zero-order valence-electron chi connectivity index (χ0n) is 11.7. The van der Waals surface area contributed by atoms with Gasteiger partial charge >= 0.3 is 0 Å². The van der Waals surface area contributed by atoms with Crippen molar-refractivity contribution in [2.24, 2.45) is 5.73 Å². The van der Waals surface area contributed by atoms with Gasteiger partial charge in [-0.25, -0.2) is 0 Å². The summed E-state index contributed by atoms with van der Waals surface area (Å²) in [6.45, 7) is 3.78. The first-order chi connectivity index (χ1) is 9.60. The molecule has 0 aromatic heterocycles. The smallest absolute Gasteiger partial charge is 0.238 e. The summed E-state index contributed by atoms with van der Waals surface area (Å²) in [5, 5.41) is 2.97. The van der Waals surface area contributed by atoms with Crippen LogP contribution >= 0.6 is 22.6 Å². The van der Waals surface area contributed by atoms with Crippen molar-refractivity contribution < 1.29 is 4.79 Å². The third-order valence-electron chi connectivity index (χ3n) is 3.57. The van der Waals surface area contributed by atoms with Crippen molar-refractivity contribution in [1.29, 1.82) is 0 Å². The first-order valence-electron chi connectivity index (χ1n) is 6.77. The van der Waals surface area contributed by atoms with E-state index in [1.807, 2.05) is 24.3 Å². The summed E-state index contributed by atoms with van der Waals surface area (Å²) in [7, 11) is 2.09. The van der Waals surface area contributed by atoms with E-state index < -0.39 is 0 Å². The molecule has 1 fully saturated rings. The summed E-state index contributed by atoms with van der Waals surface area (Å²) < 4.78 is 1.05. The highest BCUT2D eigenvalue weighted by Gasteiger charge is 2.25. The van der Waals surface area contributed by atoms with Gasteiger partial charge in [-0.2, -0.15) is 0 Å². The van der Waals surface area contributed by atoms with E-state index in [2.05, 4.69) is 44.8 Å². The molecular weight excluding hydrogens is 367 g/mol. The molecule has 1 aromatic carbocycles. The molecule has 1 saturated heterocycles. The lowest BCUT2D eigenvalue weighted by atomic mass is 10.1. The van der Waals surface area contributed by atoms with Crippen molar-refractivity contribution in [3.63, 3.8) is 0 Å². The fourth-order valence-corrected chi connectivity index (χ4v) is 2.94. The fourth-order valence-electron chi connectivity index (χ4n) is 2.42. The highest BCUT2D eigenvalue weighted by atomic mass is 127. The van der Waals surface area contributed by atoms with Crippen LogP contribution in [-0.2, 0) is 4.79 Å². The highest BCUT2D eigenvalue weighted by Crippen LogP contribution is 2.17. The molecular formula is C14H21IN4O. The van der Waals surface area contributed by atoms with Gasteiger partial charge in [0.25, 0.3) is 0 Å². The number of halogens is 1. The van der Waals surface area contributed by atoms with E-state index in [9.17, 15) is 4.79 Å². The Morgan fingerprint density at radius 3 is 2.90 bits per heavy atom. The number of amides is 1. The third kappa shape index (κ3) is 4.15. The zero-order valence-corrected chi connectivity index (χ0v) is 13.8. The van der Waals surface area contributed by atoms with Crippen LogP contribution < -0.4 is 11.1 Å². The average molecular weight is 388 g/mol. The van der Waals surface area contributed by atoms with Gasteiger partial charge in [0.1, 0.15) is 0 Å². The molecule has 1 unspecified atom stereocenters. The molecule has 5 nitrogen and oxygen atoms in total. The van der Waals surface area contributed by atoms with Gasteiger partial charge < -0.3 is 16.0 Å². The minimum Gasteiger partial charge on any atom is -0.329 e. The fraction of sp³-hybridized carbons (Fsp3) is 0.500. The minimum atomic E-state index is 0.0251. The maximum Gasteiger partial charge on any atom is 0.238 e. The minimum absolute atomic E-state index is 0.0251. The molecule has 1 aromatic rings. The quantitative estimate of drug-likeness (QED) is 0.750. The van der Waals surface area contributed by atoms with Gasteiger partial charge in [-0.3, -0.25) is 9.69 Å². The van der Waals surface area contributed by atoms with Crippen molar-refractivity contribution in [3.8, 4) is 0 Å². The maximum absolute atomic E-state index is 12.2. The molecule has 0 bridgehead atoms. The molecule has 1 aliphatic rings. The Kier molecular flexibility index (Phi) is 5.76. The molecule has 1 atom stereocenters. The number of hydrogen-bond acceptors (Lipinski definition) is 4. The lowest BCUT2D eigenvalue weighted by Crippen LogP contribution is -2.56. The summed E-state index contributed by atoms with van der Waals surface area (Å²) in [6, 6.07) is 8.05. The third-order valence-corrected chi connectivity index (χ3v) is 4.52. The lowest BCUT2D eigenvalue weighted by Gasteiger charge is -2.39. The number of rotatable bonds is 4. The van der Waals surface area contributed by atoms with Crippen molar-refractivity contribution in [2.45, 2.75) is 6.04 Å². The summed E-state index contributed by atoms with van der Waals surface area (Å²) in [6.07, 6.45) is 0. The predicted molar refractivity (Wildman–Crippen MR) is 89.7 cm³/mol. The summed E-state index contributed by atoms with van der Waals surface area (Å²) in [4.78, 5) is 16.6. The normalized spacial score (nSPS) is 20.9. The molecule has 110 valence electrons. The number of nitrogens with two attached hydrogens (primary N) is 1. The van der Waals surface area contributed by atoms with Crippen LogP contribution in [0.5, 0.6) is 0 Å². The Hall–Kier alpha value is -0.700. The number of anilines is 1. The van der Waals surface area contributed by atoms with Crippen LogP contribution in [-0.4, -0.2) is 61.5 Å². The van der Waals surface area contributed by atoms with E-state index in [0.29, 0.717) is 13.1 Å². The van der Waals surface area contributed by atoms with Crippen LogP contribution in [0.2, 0.25) is 0 Å². The monoisotopic (exact) mass is 388 g/mol. The first-order valence-corrected chi connectivity index (χ1v) is 7.85. The second-order valence-corrected chi connectivity index (χ2v) is 6.31. The van der Waals surface area contributed by atoms with E-state index in [4.69, 9.17) is 5.73 Å². The molecule has 0 saturated carbocycles. The molecule has 1 heterocycles. The standard InChI is InChI=1S/C14H21IN4O/c1-18-6-7-19(11(8-16)9-18)10-14(20)17-13-5-3-2-4-12(13)15/h2-5,11H,6-10,16H2,1H3,(H,17,20). The van der Waals surface area contributed by atoms with Crippen molar-refractivity contribution in [3.05, 3.63) is 27.8 Å². The molecule has 3 N–H and O–H groups in total. The molecule has 0 aliphatic carbocycles. The van der Waals surface area contributed by atoms with E-state index in [-0.39, 0.29) is 11.9 Å². The Balaban J connectivity index is 1.92. The number of hydrogen-bond donors (Lipinski definition) is 2. The molecule has 2 rings (SSSR count). The number of likely N-dealkylation sites (N-methyl/N-ethyl adjacent to an activating group) is 1. The average Bonchev–Trinajstić information content (AvgIpc) is 2.43. The van der Waals surface area contributed by atoms with Gasteiger partial charge in [0.15, 0.2) is 0 Å². The SMILES string of the molecule is CN1CCN(CC(=O)Nc2ccccc2I)C(CN)C1. The van der Waals surface area contributed by atoms with Crippen molar-refractivity contribution in [2.75, 3.05) is 45.1 Å². The van der Waals surface area contributed by atoms with Gasteiger partial charge in [0, 0.05) is 35.8 Å². The summed E-state index contributed by atoms with van der Waals surface area (Å²) >= 11 is 2.22. The molecule has 0 radical (unpaired) electrons. The van der Waals surface area contributed by atoms with Crippen LogP contribution in [0.3, 0.4) is 0 Å². The van der Waals surface area contributed by atoms with E-state index in [1.165, 1.54) is 0 Å². The Bertz CT molecular complexity index is 468. The number of nitrogens with zero attached hydrogens (tertiary/aromatic N) is 2. The Labute approximate surface area is 133 Å². The van der Waals surface area contributed by atoms with Crippen molar-refractivity contribution >= 4 is 34.2 Å². The second-order valence-electron chi connectivity index (χ2n) is 5.15. The molecule has 1 amide bonds. The topological polar surface area (TPSA) is 61.6 Å². The van der Waals surface area contributed by atoms with Gasteiger partial charge in [0.2, 0.25) is 5.91 Å². The Morgan fingerprint density at radius 1 is 1.45 bits per heavy atom.